The minimum Gasteiger partial charge on any atom is -0.262 e. The van der Waals surface area contributed by atoms with Gasteiger partial charge in [0.2, 0.25) is 0 Å². The van der Waals surface area contributed by atoms with Gasteiger partial charge in [0.25, 0.3) is 0 Å². The molecule has 0 amide bonds. The van der Waals surface area contributed by atoms with Gasteiger partial charge in [-0.1, -0.05) is 128 Å². The largest absolute Gasteiger partial charge is 0.330 e. The first-order chi connectivity index (χ1) is 20.1. The maximum Gasteiger partial charge on any atom is 0.330 e. The van der Waals surface area contributed by atoms with Gasteiger partial charge in [-0.2, -0.15) is 0 Å². The molecule has 1 heterocycles. The second kappa shape index (κ2) is 11.2. The number of nitrogens with zero attached hydrogens (tertiary/aromatic N) is 3. The quantitative estimate of drug-likeness (QED) is 0.149. The predicted molar refractivity (Wildman–Crippen MR) is 172 cm³/mol. The van der Waals surface area contributed by atoms with E-state index in [1.165, 1.54) is 32.7 Å². The summed E-state index contributed by atoms with van der Waals surface area (Å²) in [7, 11) is -3.39. The summed E-state index contributed by atoms with van der Waals surface area (Å²) < 4.78 is 25.1. The molecular weight excluding hydrogens is 545 g/mol. The molecule has 41 heavy (non-hydrogen) atoms. The number of benzene rings is 5. The van der Waals surface area contributed by atoms with Crippen LogP contribution < -0.4 is 0 Å². The summed E-state index contributed by atoms with van der Waals surface area (Å²) in [5, 5.41) is 5.42. The van der Waals surface area contributed by atoms with E-state index >= 15 is 4.57 Å². The zero-order valence-corrected chi connectivity index (χ0v) is 24.6. The standard InChI is InChI=1S/C35H33ClN3OP/c36-33-20-6-3-13-28(33)23-37-41(40)38(24-29-16-9-14-26-11-1-4-18-31(26)29)34-21-7-8-22-35(34)39(41)25-30-17-10-15-27-12-2-5-19-32(27)30/h1-6,9-20,23,34-35H,7-8,21-22,24-25H2/b37-23+/t34-,35-/m1/s1. The van der Waals surface area contributed by atoms with Crippen LogP contribution >= 0.6 is 19.2 Å². The molecule has 4 nitrogen and oxygen atoms in total. The Morgan fingerprint density at radius 1 is 0.683 bits per heavy atom. The SMILES string of the molecule is O=P1(/N=C/c2ccccc2Cl)N(Cc2cccc3ccccc23)[C@@H]2CCCC[C@H]2N1Cc1cccc2ccccc12. The number of hydrogen-bond donors (Lipinski definition) is 0. The molecule has 1 aliphatic heterocycles. The van der Waals surface area contributed by atoms with E-state index in [9.17, 15) is 0 Å². The Morgan fingerprint density at radius 3 is 1.73 bits per heavy atom. The fourth-order valence-electron chi connectivity index (χ4n) is 6.80. The van der Waals surface area contributed by atoms with Crippen molar-refractivity contribution < 1.29 is 4.57 Å². The molecule has 1 aliphatic carbocycles. The van der Waals surface area contributed by atoms with Gasteiger partial charge in [-0.15, -0.1) is 0 Å². The second-order valence-electron chi connectivity index (χ2n) is 11.2. The van der Waals surface area contributed by atoms with E-state index in [4.69, 9.17) is 16.4 Å². The summed E-state index contributed by atoms with van der Waals surface area (Å²) in [6.45, 7) is 1.18. The zero-order chi connectivity index (χ0) is 27.8. The molecular formula is C35H33ClN3OP. The van der Waals surface area contributed by atoms with Crippen LogP contribution in [0.1, 0.15) is 42.4 Å². The Balaban J connectivity index is 1.36. The summed E-state index contributed by atoms with van der Waals surface area (Å²) in [5.41, 5.74) is 3.16. The lowest BCUT2D eigenvalue weighted by Crippen LogP contribution is -2.39. The summed E-state index contributed by atoms with van der Waals surface area (Å²) in [6, 6.07) is 37.8. The first kappa shape index (κ1) is 26.6. The number of fused-ring (bicyclic) bond motifs is 3. The highest BCUT2D eigenvalue weighted by Crippen LogP contribution is 2.66. The lowest BCUT2D eigenvalue weighted by Gasteiger charge is -2.31. The molecule has 5 aromatic carbocycles. The van der Waals surface area contributed by atoms with Crippen LogP contribution in [0.15, 0.2) is 114 Å². The lowest BCUT2D eigenvalue weighted by atomic mass is 9.89. The monoisotopic (exact) mass is 577 g/mol. The van der Waals surface area contributed by atoms with Crippen molar-refractivity contribution in [3.8, 4) is 0 Å². The summed E-state index contributed by atoms with van der Waals surface area (Å²) >= 11 is 6.53. The van der Waals surface area contributed by atoms with Crippen LogP contribution in [0.25, 0.3) is 21.5 Å². The molecule has 1 saturated carbocycles. The third-order valence-corrected chi connectivity index (χ3v) is 11.8. The van der Waals surface area contributed by atoms with Gasteiger partial charge < -0.3 is 0 Å². The second-order valence-corrected chi connectivity index (χ2v) is 13.9. The van der Waals surface area contributed by atoms with Crippen molar-refractivity contribution in [1.82, 2.24) is 9.34 Å². The minimum atomic E-state index is -3.39. The molecule has 0 spiro atoms. The molecule has 2 aliphatic rings. The van der Waals surface area contributed by atoms with Crippen molar-refractivity contribution in [3.63, 3.8) is 0 Å². The summed E-state index contributed by atoms with van der Waals surface area (Å²) in [5.74, 6) is 0. The molecule has 1 saturated heterocycles. The van der Waals surface area contributed by atoms with Crippen LogP contribution in [-0.4, -0.2) is 27.6 Å². The number of rotatable bonds is 6. The summed E-state index contributed by atoms with van der Waals surface area (Å²) in [6.07, 6.45) is 6.07. The Bertz CT molecular complexity index is 1690. The molecule has 0 radical (unpaired) electrons. The van der Waals surface area contributed by atoms with Gasteiger partial charge in [-0.25, -0.2) is 14.1 Å². The van der Waals surface area contributed by atoms with Crippen molar-refractivity contribution in [3.05, 3.63) is 131 Å². The average molecular weight is 578 g/mol. The molecule has 0 N–H and O–H groups in total. The molecule has 206 valence electrons. The van der Waals surface area contributed by atoms with E-state index < -0.39 is 7.59 Å². The van der Waals surface area contributed by atoms with Gasteiger partial charge in [0.15, 0.2) is 0 Å². The van der Waals surface area contributed by atoms with Gasteiger partial charge in [0.05, 0.1) is 0 Å². The van der Waals surface area contributed by atoms with Crippen LogP contribution in [0.3, 0.4) is 0 Å². The van der Waals surface area contributed by atoms with Crippen LogP contribution in [0, 0.1) is 0 Å². The van der Waals surface area contributed by atoms with Crippen molar-refractivity contribution >= 4 is 47.0 Å². The van der Waals surface area contributed by atoms with Crippen molar-refractivity contribution in [2.75, 3.05) is 0 Å². The highest BCUT2D eigenvalue weighted by atomic mass is 35.5. The molecule has 0 bridgehead atoms. The van der Waals surface area contributed by atoms with E-state index in [2.05, 4.69) is 94.3 Å². The van der Waals surface area contributed by atoms with Crippen LogP contribution in [0.4, 0.5) is 0 Å². The zero-order valence-electron chi connectivity index (χ0n) is 22.9. The van der Waals surface area contributed by atoms with Crippen LogP contribution in [-0.2, 0) is 17.7 Å². The molecule has 5 aromatic rings. The van der Waals surface area contributed by atoms with E-state index in [1.54, 1.807) is 6.21 Å². The molecule has 6 heteroatoms. The lowest BCUT2D eigenvalue weighted by molar-refractivity contribution is 0.198. The summed E-state index contributed by atoms with van der Waals surface area (Å²) in [4.78, 5) is 0. The maximum absolute atomic E-state index is 15.6. The maximum atomic E-state index is 15.6. The van der Waals surface area contributed by atoms with E-state index in [0.29, 0.717) is 18.1 Å². The van der Waals surface area contributed by atoms with Gasteiger partial charge >= 0.3 is 7.59 Å². The molecule has 2 fully saturated rings. The molecule has 0 unspecified atom stereocenters. The van der Waals surface area contributed by atoms with E-state index in [-0.39, 0.29) is 12.1 Å². The third kappa shape index (κ3) is 4.94. The minimum absolute atomic E-state index is 0.173. The fraction of sp³-hybridized carbons (Fsp3) is 0.229. The normalized spacial score (nSPS) is 21.1. The Kier molecular flexibility index (Phi) is 7.27. The first-order valence-electron chi connectivity index (χ1n) is 14.5. The highest BCUT2D eigenvalue weighted by Gasteiger charge is 2.55. The number of hydrogen-bond acceptors (Lipinski definition) is 1. The first-order valence-corrected chi connectivity index (χ1v) is 16.4. The Morgan fingerprint density at radius 2 is 1.17 bits per heavy atom. The van der Waals surface area contributed by atoms with E-state index in [0.717, 1.165) is 31.2 Å². The molecule has 0 aromatic heterocycles. The average Bonchev–Trinajstić information content (AvgIpc) is 3.24. The van der Waals surface area contributed by atoms with Crippen LogP contribution in [0.5, 0.6) is 0 Å². The van der Waals surface area contributed by atoms with Crippen molar-refractivity contribution in [1.29, 1.82) is 0 Å². The molecule has 2 atom stereocenters. The van der Waals surface area contributed by atoms with Crippen LogP contribution in [0.2, 0.25) is 5.02 Å². The fourth-order valence-corrected chi connectivity index (χ4v) is 9.80. The Labute approximate surface area is 246 Å². The van der Waals surface area contributed by atoms with Gasteiger partial charge in [-0.3, -0.25) is 4.57 Å². The molecule has 7 rings (SSSR count). The van der Waals surface area contributed by atoms with Crippen molar-refractivity contribution in [2.24, 2.45) is 4.76 Å². The van der Waals surface area contributed by atoms with Crippen molar-refractivity contribution in [2.45, 2.75) is 50.9 Å². The Hall–Kier alpha value is -3.27. The van der Waals surface area contributed by atoms with E-state index in [1.807, 2.05) is 24.3 Å². The highest BCUT2D eigenvalue weighted by molar-refractivity contribution is 7.58. The third-order valence-electron chi connectivity index (χ3n) is 8.81. The smallest absolute Gasteiger partial charge is 0.262 e. The number of halogens is 1. The van der Waals surface area contributed by atoms with Gasteiger partial charge in [0, 0.05) is 42.0 Å². The van der Waals surface area contributed by atoms with Gasteiger partial charge in [0.1, 0.15) is 0 Å². The topological polar surface area (TPSA) is 35.9 Å². The van der Waals surface area contributed by atoms with Gasteiger partial charge in [-0.05, 0) is 51.6 Å². The predicted octanol–water partition coefficient (Wildman–Crippen LogP) is 9.50.